The Morgan fingerprint density at radius 3 is 2.31 bits per heavy atom. The lowest BCUT2D eigenvalue weighted by Gasteiger charge is -2.30. The van der Waals surface area contributed by atoms with Gasteiger partial charge in [0.2, 0.25) is 0 Å². The minimum absolute atomic E-state index is 0.365. The van der Waals surface area contributed by atoms with Gasteiger partial charge >= 0.3 is 0 Å². The van der Waals surface area contributed by atoms with E-state index in [1.165, 1.54) is 30.4 Å². The molecule has 0 saturated carbocycles. The Labute approximate surface area is 101 Å². The van der Waals surface area contributed by atoms with Gasteiger partial charge in [-0.2, -0.15) is 0 Å². The summed E-state index contributed by atoms with van der Waals surface area (Å²) in [7, 11) is 0. The van der Waals surface area contributed by atoms with E-state index in [-0.39, 0.29) is 0 Å². The first-order valence-electron chi connectivity index (χ1n) is 6.67. The SMILES string of the molecule is CCCC(C)(CC)c1cc(CC)ccc1C. The highest BCUT2D eigenvalue weighted by Crippen LogP contribution is 2.35. The van der Waals surface area contributed by atoms with Crippen LogP contribution in [0.1, 0.15) is 63.6 Å². The monoisotopic (exact) mass is 218 g/mol. The molecule has 0 radical (unpaired) electrons. The van der Waals surface area contributed by atoms with Crippen LogP contribution in [0.4, 0.5) is 0 Å². The Morgan fingerprint density at radius 1 is 1.12 bits per heavy atom. The first-order chi connectivity index (χ1) is 7.57. The summed E-state index contributed by atoms with van der Waals surface area (Å²) < 4.78 is 0. The van der Waals surface area contributed by atoms with Gasteiger partial charge in [0.15, 0.2) is 0 Å². The topological polar surface area (TPSA) is 0 Å². The molecule has 0 fully saturated rings. The van der Waals surface area contributed by atoms with Crippen LogP contribution >= 0.6 is 0 Å². The molecule has 16 heavy (non-hydrogen) atoms. The van der Waals surface area contributed by atoms with E-state index in [1.54, 1.807) is 5.56 Å². The molecular formula is C16H26. The number of hydrogen-bond acceptors (Lipinski definition) is 0. The number of rotatable bonds is 5. The molecule has 0 aliphatic carbocycles. The molecule has 0 spiro atoms. The molecule has 0 aliphatic heterocycles. The van der Waals surface area contributed by atoms with Gasteiger partial charge in [0.05, 0.1) is 0 Å². The molecular weight excluding hydrogens is 192 g/mol. The van der Waals surface area contributed by atoms with E-state index in [0.29, 0.717) is 5.41 Å². The molecule has 0 bridgehead atoms. The van der Waals surface area contributed by atoms with E-state index in [4.69, 9.17) is 0 Å². The first kappa shape index (κ1) is 13.3. The molecule has 90 valence electrons. The molecule has 1 atom stereocenters. The fraction of sp³-hybridized carbons (Fsp3) is 0.625. The summed E-state index contributed by atoms with van der Waals surface area (Å²) in [5, 5.41) is 0. The van der Waals surface area contributed by atoms with Gasteiger partial charge in [-0.25, -0.2) is 0 Å². The zero-order valence-corrected chi connectivity index (χ0v) is 11.6. The summed E-state index contributed by atoms with van der Waals surface area (Å²) in [5.41, 5.74) is 4.85. The van der Waals surface area contributed by atoms with Crippen LogP contribution in [0, 0.1) is 6.92 Å². The van der Waals surface area contributed by atoms with Crippen molar-refractivity contribution in [1.29, 1.82) is 0 Å². The van der Waals surface area contributed by atoms with E-state index in [1.807, 2.05) is 0 Å². The van der Waals surface area contributed by atoms with Gasteiger partial charge < -0.3 is 0 Å². The highest BCUT2D eigenvalue weighted by Gasteiger charge is 2.25. The second-order valence-corrected chi connectivity index (χ2v) is 5.17. The fourth-order valence-electron chi connectivity index (χ4n) is 2.59. The molecule has 0 nitrogen and oxygen atoms in total. The van der Waals surface area contributed by atoms with Gasteiger partial charge in [-0.1, -0.05) is 52.3 Å². The van der Waals surface area contributed by atoms with Crippen LogP contribution in [0.5, 0.6) is 0 Å². The Hall–Kier alpha value is -0.780. The van der Waals surface area contributed by atoms with Crippen molar-refractivity contribution < 1.29 is 0 Å². The minimum atomic E-state index is 0.365. The molecule has 0 aromatic heterocycles. The van der Waals surface area contributed by atoms with Crippen LogP contribution in [0.3, 0.4) is 0 Å². The van der Waals surface area contributed by atoms with Crippen LogP contribution < -0.4 is 0 Å². The Bertz CT molecular complexity index is 338. The van der Waals surface area contributed by atoms with Gasteiger partial charge in [-0.3, -0.25) is 0 Å². The normalized spacial score (nSPS) is 14.8. The lowest BCUT2D eigenvalue weighted by Crippen LogP contribution is -2.22. The van der Waals surface area contributed by atoms with Crippen molar-refractivity contribution in [3.8, 4) is 0 Å². The molecule has 0 amide bonds. The molecule has 1 unspecified atom stereocenters. The highest BCUT2D eigenvalue weighted by molar-refractivity contribution is 5.36. The number of benzene rings is 1. The molecule has 0 N–H and O–H groups in total. The largest absolute Gasteiger partial charge is 0.0654 e. The standard InChI is InChI=1S/C16H26/c1-6-11-16(5,8-3)15-12-14(7-2)10-9-13(15)4/h9-10,12H,6-8,11H2,1-5H3. The third-order valence-electron chi connectivity index (χ3n) is 3.94. The van der Waals surface area contributed by atoms with Gasteiger partial charge in [0.25, 0.3) is 0 Å². The Balaban J connectivity index is 3.17. The molecule has 1 rings (SSSR count). The van der Waals surface area contributed by atoms with Crippen molar-refractivity contribution in [2.75, 3.05) is 0 Å². The summed E-state index contributed by atoms with van der Waals surface area (Å²) in [6.07, 6.45) is 4.92. The lowest BCUT2D eigenvalue weighted by molar-refractivity contribution is 0.411. The van der Waals surface area contributed by atoms with Crippen LogP contribution in [-0.2, 0) is 11.8 Å². The van der Waals surface area contributed by atoms with Gasteiger partial charge in [-0.15, -0.1) is 0 Å². The van der Waals surface area contributed by atoms with Crippen molar-refractivity contribution >= 4 is 0 Å². The van der Waals surface area contributed by atoms with Crippen molar-refractivity contribution in [3.05, 3.63) is 34.9 Å². The maximum Gasteiger partial charge on any atom is -0.00753 e. The average molecular weight is 218 g/mol. The van der Waals surface area contributed by atoms with Gasteiger partial charge in [-0.05, 0) is 48.3 Å². The van der Waals surface area contributed by atoms with Crippen molar-refractivity contribution in [1.82, 2.24) is 0 Å². The van der Waals surface area contributed by atoms with Crippen molar-refractivity contribution in [2.24, 2.45) is 0 Å². The maximum absolute atomic E-state index is 2.43. The first-order valence-corrected chi connectivity index (χ1v) is 6.67. The molecule has 1 aromatic rings. The number of hydrogen-bond donors (Lipinski definition) is 0. The van der Waals surface area contributed by atoms with Crippen molar-refractivity contribution in [2.45, 2.75) is 65.7 Å². The second kappa shape index (κ2) is 5.52. The smallest absolute Gasteiger partial charge is 0.00753 e. The van der Waals surface area contributed by atoms with E-state index in [9.17, 15) is 0 Å². The summed E-state index contributed by atoms with van der Waals surface area (Å²) in [6, 6.07) is 6.98. The van der Waals surface area contributed by atoms with Crippen LogP contribution in [0.2, 0.25) is 0 Å². The third kappa shape index (κ3) is 2.66. The maximum atomic E-state index is 2.43. The molecule has 1 aromatic carbocycles. The summed E-state index contributed by atoms with van der Waals surface area (Å²) in [6.45, 7) is 11.5. The Kier molecular flexibility index (Phi) is 4.58. The molecule has 0 heterocycles. The Morgan fingerprint density at radius 2 is 1.81 bits per heavy atom. The molecule has 0 saturated heterocycles. The predicted molar refractivity (Wildman–Crippen MR) is 73.1 cm³/mol. The quantitative estimate of drug-likeness (QED) is 0.650. The summed E-state index contributed by atoms with van der Waals surface area (Å²) >= 11 is 0. The average Bonchev–Trinajstić information content (AvgIpc) is 2.30. The van der Waals surface area contributed by atoms with Gasteiger partial charge in [0, 0.05) is 0 Å². The minimum Gasteiger partial charge on any atom is -0.0654 e. The van der Waals surface area contributed by atoms with Crippen LogP contribution in [0.25, 0.3) is 0 Å². The molecule has 0 aliphatic rings. The van der Waals surface area contributed by atoms with E-state index < -0.39 is 0 Å². The number of aryl methyl sites for hydroxylation is 2. The lowest BCUT2D eigenvalue weighted by atomic mass is 9.74. The third-order valence-corrected chi connectivity index (χ3v) is 3.94. The zero-order chi connectivity index (χ0) is 12.2. The fourth-order valence-corrected chi connectivity index (χ4v) is 2.59. The molecule has 0 heteroatoms. The predicted octanol–water partition coefficient (Wildman–Crippen LogP) is 5.03. The highest BCUT2D eigenvalue weighted by atomic mass is 14.3. The van der Waals surface area contributed by atoms with Crippen molar-refractivity contribution in [3.63, 3.8) is 0 Å². The van der Waals surface area contributed by atoms with Crippen LogP contribution in [-0.4, -0.2) is 0 Å². The second-order valence-electron chi connectivity index (χ2n) is 5.17. The van der Waals surface area contributed by atoms with Crippen LogP contribution in [0.15, 0.2) is 18.2 Å². The van der Waals surface area contributed by atoms with E-state index in [0.717, 1.165) is 6.42 Å². The summed E-state index contributed by atoms with van der Waals surface area (Å²) in [4.78, 5) is 0. The summed E-state index contributed by atoms with van der Waals surface area (Å²) in [5.74, 6) is 0. The van der Waals surface area contributed by atoms with E-state index in [2.05, 4.69) is 52.8 Å². The van der Waals surface area contributed by atoms with E-state index >= 15 is 0 Å². The van der Waals surface area contributed by atoms with Gasteiger partial charge in [0.1, 0.15) is 0 Å². The zero-order valence-electron chi connectivity index (χ0n) is 11.6.